The summed E-state index contributed by atoms with van der Waals surface area (Å²) >= 11 is 0. The number of fused-ring (bicyclic) bond motifs is 1. The Balaban J connectivity index is 0.000000605. The van der Waals surface area contributed by atoms with Crippen molar-refractivity contribution in [2.75, 3.05) is 5.73 Å². The van der Waals surface area contributed by atoms with Crippen molar-refractivity contribution in [2.45, 2.75) is 19.3 Å². The maximum absolute atomic E-state index is 5.66. The molecule has 2 rings (SSSR count). The Hall–Kier alpha value is -0.700. The van der Waals surface area contributed by atoms with Crippen LogP contribution >= 0.6 is 12.4 Å². The van der Waals surface area contributed by atoms with E-state index in [9.17, 15) is 0 Å². The first-order chi connectivity index (χ1) is 4.79. The number of nitrogens with zero attached hydrogens (tertiary/aromatic N) is 2. The minimum absolute atomic E-state index is 0. The summed E-state index contributed by atoms with van der Waals surface area (Å²) in [5.74, 6) is 0.731. The highest BCUT2D eigenvalue weighted by atomic mass is 35.5. The zero-order valence-electron chi connectivity index (χ0n) is 6.50. The SMILES string of the molecule is Cl.Cn1nc(N)c2c1CCC2. The van der Waals surface area contributed by atoms with Crippen molar-refractivity contribution in [3.63, 3.8) is 0 Å². The monoisotopic (exact) mass is 173 g/mol. The number of hydrogen-bond donors (Lipinski definition) is 1. The van der Waals surface area contributed by atoms with Gasteiger partial charge in [-0.1, -0.05) is 0 Å². The van der Waals surface area contributed by atoms with Crippen LogP contribution in [-0.4, -0.2) is 9.78 Å². The lowest BCUT2D eigenvalue weighted by Crippen LogP contribution is -1.96. The highest BCUT2D eigenvalue weighted by Crippen LogP contribution is 2.25. The van der Waals surface area contributed by atoms with Crippen LogP contribution in [-0.2, 0) is 19.9 Å². The number of aromatic nitrogens is 2. The van der Waals surface area contributed by atoms with Crippen LogP contribution in [0.4, 0.5) is 5.82 Å². The Morgan fingerprint density at radius 1 is 1.45 bits per heavy atom. The maximum atomic E-state index is 5.66. The van der Waals surface area contributed by atoms with Gasteiger partial charge in [-0.3, -0.25) is 4.68 Å². The topological polar surface area (TPSA) is 43.8 Å². The van der Waals surface area contributed by atoms with Gasteiger partial charge in [0.15, 0.2) is 0 Å². The Bertz CT molecular complexity index is 242. The number of halogens is 1. The normalized spacial score (nSPS) is 14.3. The molecular formula is C7H12ClN3. The quantitative estimate of drug-likeness (QED) is 0.634. The van der Waals surface area contributed by atoms with Gasteiger partial charge >= 0.3 is 0 Å². The summed E-state index contributed by atoms with van der Waals surface area (Å²) in [4.78, 5) is 0. The van der Waals surface area contributed by atoms with Crippen LogP contribution in [0.5, 0.6) is 0 Å². The van der Waals surface area contributed by atoms with Crippen molar-refractivity contribution in [1.82, 2.24) is 9.78 Å². The van der Waals surface area contributed by atoms with Crippen molar-refractivity contribution >= 4 is 18.2 Å². The van der Waals surface area contributed by atoms with Gasteiger partial charge in [0.1, 0.15) is 5.82 Å². The summed E-state index contributed by atoms with van der Waals surface area (Å²) in [5, 5.41) is 4.13. The molecule has 0 aromatic carbocycles. The Kier molecular flexibility index (Phi) is 2.09. The minimum Gasteiger partial charge on any atom is -0.382 e. The average molecular weight is 174 g/mol. The number of rotatable bonds is 0. The largest absolute Gasteiger partial charge is 0.382 e. The van der Waals surface area contributed by atoms with E-state index in [1.165, 1.54) is 17.7 Å². The van der Waals surface area contributed by atoms with Gasteiger partial charge in [-0.05, 0) is 19.3 Å². The molecule has 0 amide bonds. The van der Waals surface area contributed by atoms with E-state index in [2.05, 4.69) is 5.10 Å². The Morgan fingerprint density at radius 2 is 2.18 bits per heavy atom. The van der Waals surface area contributed by atoms with Crippen molar-refractivity contribution in [3.8, 4) is 0 Å². The highest BCUT2D eigenvalue weighted by molar-refractivity contribution is 5.85. The number of hydrogen-bond acceptors (Lipinski definition) is 2. The lowest BCUT2D eigenvalue weighted by atomic mass is 10.3. The number of anilines is 1. The molecule has 0 fully saturated rings. The molecule has 1 aromatic rings. The molecule has 3 nitrogen and oxygen atoms in total. The third-order valence-corrected chi connectivity index (χ3v) is 2.15. The van der Waals surface area contributed by atoms with Crippen molar-refractivity contribution in [2.24, 2.45) is 7.05 Å². The van der Waals surface area contributed by atoms with E-state index in [0.717, 1.165) is 18.7 Å². The first kappa shape index (κ1) is 8.40. The molecule has 0 saturated carbocycles. The molecule has 0 aliphatic heterocycles. The molecule has 1 aromatic heterocycles. The summed E-state index contributed by atoms with van der Waals surface area (Å²) in [6.07, 6.45) is 3.51. The Labute approximate surface area is 72.0 Å². The second-order valence-corrected chi connectivity index (χ2v) is 2.79. The predicted molar refractivity (Wildman–Crippen MR) is 46.9 cm³/mol. The van der Waals surface area contributed by atoms with Crippen molar-refractivity contribution in [1.29, 1.82) is 0 Å². The third kappa shape index (κ3) is 1.09. The summed E-state index contributed by atoms with van der Waals surface area (Å²) < 4.78 is 1.90. The second-order valence-electron chi connectivity index (χ2n) is 2.79. The fraction of sp³-hybridized carbons (Fsp3) is 0.571. The number of nitrogen functional groups attached to an aromatic ring is 1. The number of nitrogens with two attached hydrogens (primary N) is 1. The molecule has 4 heteroatoms. The van der Waals surface area contributed by atoms with Gasteiger partial charge in [0.25, 0.3) is 0 Å². The first-order valence-electron chi connectivity index (χ1n) is 3.59. The van der Waals surface area contributed by atoms with E-state index in [-0.39, 0.29) is 12.4 Å². The molecule has 0 bridgehead atoms. The lowest BCUT2D eigenvalue weighted by molar-refractivity contribution is 0.710. The van der Waals surface area contributed by atoms with Crippen molar-refractivity contribution < 1.29 is 0 Å². The fourth-order valence-electron chi connectivity index (χ4n) is 1.64. The van der Waals surface area contributed by atoms with E-state index in [0.29, 0.717) is 0 Å². The Morgan fingerprint density at radius 3 is 2.82 bits per heavy atom. The van der Waals surface area contributed by atoms with Gasteiger partial charge in [-0.25, -0.2) is 0 Å². The van der Waals surface area contributed by atoms with Crippen LogP contribution in [0.2, 0.25) is 0 Å². The van der Waals surface area contributed by atoms with Gasteiger partial charge in [0.05, 0.1) is 0 Å². The molecular weight excluding hydrogens is 162 g/mol. The van der Waals surface area contributed by atoms with Crippen LogP contribution in [0.15, 0.2) is 0 Å². The minimum atomic E-state index is 0. The smallest absolute Gasteiger partial charge is 0.148 e. The standard InChI is InChI=1S/C7H11N3.ClH/c1-10-6-4-2-3-5(6)7(8)9-10;/h2-4H2,1H3,(H2,8,9);1H. The van der Waals surface area contributed by atoms with E-state index >= 15 is 0 Å². The van der Waals surface area contributed by atoms with Crippen LogP contribution in [0, 0.1) is 0 Å². The molecule has 0 saturated heterocycles. The molecule has 0 atom stereocenters. The van der Waals surface area contributed by atoms with Gasteiger partial charge in [0.2, 0.25) is 0 Å². The highest BCUT2D eigenvalue weighted by Gasteiger charge is 2.18. The molecule has 0 unspecified atom stereocenters. The van der Waals surface area contributed by atoms with Gasteiger partial charge in [0, 0.05) is 18.3 Å². The summed E-state index contributed by atoms with van der Waals surface area (Å²) in [7, 11) is 1.96. The predicted octanol–water partition coefficient (Wildman–Crippen LogP) is 0.913. The maximum Gasteiger partial charge on any atom is 0.148 e. The fourth-order valence-corrected chi connectivity index (χ4v) is 1.64. The first-order valence-corrected chi connectivity index (χ1v) is 3.59. The van der Waals surface area contributed by atoms with Crippen LogP contribution in [0.1, 0.15) is 17.7 Å². The molecule has 1 aliphatic rings. The zero-order chi connectivity index (χ0) is 7.14. The molecule has 62 valence electrons. The number of aryl methyl sites for hydroxylation is 1. The van der Waals surface area contributed by atoms with E-state index < -0.39 is 0 Å². The van der Waals surface area contributed by atoms with Crippen LogP contribution in [0.3, 0.4) is 0 Å². The van der Waals surface area contributed by atoms with Gasteiger partial charge < -0.3 is 5.73 Å². The third-order valence-electron chi connectivity index (χ3n) is 2.15. The zero-order valence-corrected chi connectivity index (χ0v) is 7.32. The molecule has 0 spiro atoms. The van der Waals surface area contributed by atoms with E-state index in [1.54, 1.807) is 0 Å². The van der Waals surface area contributed by atoms with Gasteiger partial charge in [-0.2, -0.15) is 5.10 Å². The molecule has 2 N–H and O–H groups in total. The molecule has 0 radical (unpaired) electrons. The summed E-state index contributed by atoms with van der Waals surface area (Å²) in [5.41, 5.74) is 8.27. The average Bonchev–Trinajstić information content (AvgIpc) is 2.39. The van der Waals surface area contributed by atoms with Gasteiger partial charge in [-0.15, -0.1) is 12.4 Å². The molecule has 11 heavy (non-hydrogen) atoms. The summed E-state index contributed by atoms with van der Waals surface area (Å²) in [6.45, 7) is 0. The van der Waals surface area contributed by atoms with E-state index in [4.69, 9.17) is 5.73 Å². The molecule has 1 heterocycles. The van der Waals surface area contributed by atoms with Crippen molar-refractivity contribution in [3.05, 3.63) is 11.3 Å². The lowest BCUT2D eigenvalue weighted by Gasteiger charge is -1.92. The van der Waals surface area contributed by atoms with Crippen LogP contribution in [0.25, 0.3) is 0 Å². The molecule has 1 aliphatic carbocycles. The van der Waals surface area contributed by atoms with Crippen LogP contribution < -0.4 is 5.73 Å². The second kappa shape index (κ2) is 2.74. The summed E-state index contributed by atoms with van der Waals surface area (Å²) in [6, 6.07) is 0. The van der Waals surface area contributed by atoms with E-state index in [1.807, 2.05) is 11.7 Å².